The molecule has 0 saturated carbocycles. The highest BCUT2D eigenvalue weighted by Gasteiger charge is 2.17. The summed E-state index contributed by atoms with van der Waals surface area (Å²) in [6, 6.07) is 9.65. The van der Waals surface area contributed by atoms with E-state index in [1.54, 1.807) is 24.3 Å². The highest BCUT2D eigenvalue weighted by Crippen LogP contribution is 2.23. The third-order valence-electron chi connectivity index (χ3n) is 2.55. The lowest BCUT2D eigenvalue weighted by Crippen LogP contribution is -2.03. The Kier molecular flexibility index (Phi) is 3.73. The average Bonchev–Trinajstić information content (AvgIpc) is 2.77. The number of aryl methyl sites for hydroxylation is 1. The second-order valence-electron chi connectivity index (χ2n) is 4.15. The predicted molar refractivity (Wildman–Crippen MR) is 73.3 cm³/mol. The number of carboxylic acid groups (broad SMARTS) is 1. The zero-order chi connectivity index (χ0) is 14.0. The van der Waals surface area contributed by atoms with E-state index in [-0.39, 0.29) is 15.5 Å². The van der Waals surface area contributed by atoms with Crippen molar-refractivity contribution in [2.24, 2.45) is 0 Å². The molecule has 0 bridgehead atoms. The summed E-state index contributed by atoms with van der Waals surface area (Å²) in [6.45, 7) is 1.83. The minimum absolute atomic E-state index is 0.148. The number of hydrogen-bond donors (Lipinski definition) is 1. The van der Waals surface area contributed by atoms with Gasteiger partial charge in [-0.2, -0.15) is 0 Å². The SMILES string of the molecule is Cc1cccc(S(=O)(=O)Cc2ccc(C(=O)O)s2)c1. The maximum atomic E-state index is 12.2. The van der Waals surface area contributed by atoms with Crippen LogP contribution >= 0.6 is 11.3 Å². The monoisotopic (exact) mass is 296 g/mol. The lowest BCUT2D eigenvalue weighted by Gasteiger charge is -2.03. The van der Waals surface area contributed by atoms with Crippen LogP contribution in [0.15, 0.2) is 41.3 Å². The van der Waals surface area contributed by atoms with Crippen LogP contribution in [0.25, 0.3) is 0 Å². The van der Waals surface area contributed by atoms with Crippen LogP contribution < -0.4 is 0 Å². The van der Waals surface area contributed by atoms with E-state index in [1.165, 1.54) is 6.07 Å². The van der Waals surface area contributed by atoms with Crippen molar-refractivity contribution in [1.82, 2.24) is 0 Å². The second-order valence-corrected chi connectivity index (χ2v) is 7.30. The molecule has 0 aliphatic rings. The van der Waals surface area contributed by atoms with Crippen molar-refractivity contribution in [3.05, 3.63) is 51.7 Å². The summed E-state index contributed by atoms with van der Waals surface area (Å²) < 4.78 is 24.4. The molecule has 2 aromatic rings. The molecule has 1 N–H and O–H groups in total. The highest BCUT2D eigenvalue weighted by atomic mass is 32.2. The van der Waals surface area contributed by atoms with Gasteiger partial charge in [-0.05, 0) is 36.8 Å². The van der Waals surface area contributed by atoms with Gasteiger partial charge >= 0.3 is 5.97 Å². The quantitative estimate of drug-likeness (QED) is 0.941. The van der Waals surface area contributed by atoms with Crippen molar-refractivity contribution >= 4 is 27.1 Å². The van der Waals surface area contributed by atoms with Crippen LogP contribution in [0.1, 0.15) is 20.1 Å². The molecule has 0 amide bonds. The fraction of sp³-hybridized carbons (Fsp3) is 0.154. The molecule has 0 fully saturated rings. The topological polar surface area (TPSA) is 71.4 Å². The molecule has 19 heavy (non-hydrogen) atoms. The predicted octanol–water partition coefficient (Wildman–Crippen LogP) is 2.73. The van der Waals surface area contributed by atoms with Gasteiger partial charge in [-0.3, -0.25) is 0 Å². The summed E-state index contributed by atoms with van der Waals surface area (Å²) in [5.74, 6) is -1.21. The van der Waals surface area contributed by atoms with E-state index < -0.39 is 15.8 Å². The van der Waals surface area contributed by atoms with E-state index in [2.05, 4.69) is 0 Å². The Hall–Kier alpha value is -1.66. The lowest BCUT2D eigenvalue weighted by atomic mass is 10.2. The number of aromatic carboxylic acids is 1. The van der Waals surface area contributed by atoms with Crippen LogP contribution in [0, 0.1) is 6.92 Å². The first-order chi connectivity index (χ1) is 8.88. The maximum absolute atomic E-state index is 12.2. The molecule has 4 nitrogen and oxygen atoms in total. The largest absolute Gasteiger partial charge is 0.477 e. The van der Waals surface area contributed by atoms with Crippen molar-refractivity contribution in [2.75, 3.05) is 0 Å². The molecule has 6 heteroatoms. The Bertz CT molecular complexity index is 714. The number of hydrogen-bond acceptors (Lipinski definition) is 4. The molecule has 0 atom stereocenters. The van der Waals surface area contributed by atoms with Gasteiger partial charge in [0.15, 0.2) is 9.84 Å². The van der Waals surface area contributed by atoms with E-state index in [0.29, 0.717) is 4.88 Å². The molecule has 1 aromatic carbocycles. The summed E-state index contributed by atoms with van der Waals surface area (Å²) in [5.41, 5.74) is 0.874. The number of carbonyl (C=O) groups is 1. The first kappa shape index (κ1) is 13.8. The fourth-order valence-corrected chi connectivity index (χ4v) is 4.28. The second kappa shape index (κ2) is 5.14. The first-order valence-corrected chi connectivity index (χ1v) is 7.97. The van der Waals surface area contributed by atoms with Gasteiger partial charge < -0.3 is 5.11 Å². The lowest BCUT2D eigenvalue weighted by molar-refractivity contribution is 0.0702. The third kappa shape index (κ3) is 3.21. The van der Waals surface area contributed by atoms with E-state index in [4.69, 9.17) is 5.11 Å². The van der Waals surface area contributed by atoms with Gasteiger partial charge in [-0.25, -0.2) is 13.2 Å². The zero-order valence-electron chi connectivity index (χ0n) is 10.2. The minimum atomic E-state index is -3.43. The number of thiophene rings is 1. The average molecular weight is 296 g/mol. The van der Waals surface area contributed by atoms with Crippen molar-refractivity contribution in [2.45, 2.75) is 17.6 Å². The molecular formula is C13H12O4S2. The molecule has 0 unspecified atom stereocenters. The van der Waals surface area contributed by atoms with Crippen molar-refractivity contribution < 1.29 is 18.3 Å². The standard InChI is InChI=1S/C13H12O4S2/c1-9-3-2-4-11(7-9)19(16,17)8-10-5-6-12(18-10)13(14)15/h2-7H,8H2,1H3,(H,14,15). The molecule has 0 radical (unpaired) electrons. The Balaban J connectivity index is 2.28. The molecule has 0 saturated heterocycles. The normalized spacial score (nSPS) is 11.4. The highest BCUT2D eigenvalue weighted by molar-refractivity contribution is 7.90. The van der Waals surface area contributed by atoms with Crippen LogP contribution in [0.2, 0.25) is 0 Å². The Morgan fingerprint density at radius 3 is 2.58 bits per heavy atom. The summed E-state index contributed by atoms with van der Waals surface area (Å²) in [7, 11) is -3.43. The number of sulfone groups is 1. The van der Waals surface area contributed by atoms with Gasteiger partial charge in [-0.15, -0.1) is 11.3 Å². The summed E-state index contributed by atoms with van der Waals surface area (Å²) in [4.78, 5) is 11.7. The summed E-state index contributed by atoms with van der Waals surface area (Å²) >= 11 is 0.988. The van der Waals surface area contributed by atoms with Crippen molar-refractivity contribution in [3.8, 4) is 0 Å². The molecule has 1 heterocycles. The molecule has 1 aromatic heterocycles. The van der Waals surface area contributed by atoms with Gasteiger partial charge in [0.05, 0.1) is 10.6 Å². The number of benzene rings is 1. The summed E-state index contributed by atoms with van der Waals surface area (Å²) in [6.07, 6.45) is 0. The van der Waals surface area contributed by atoms with E-state index in [1.807, 2.05) is 13.0 Å². The van der Waals surface area contributed by atoms with Crippen LogP contribution in [-0.4, -0.2) is 19.5 Å². The zero-order valence-corrected chi connectivity index (χ0v) is 11.8. The Labute approximate surface area is 115 Å². The third-order valence-corrected chi connectivity index (χ3v) is 5.47. The maximum Gasteiger partial charge on any atom is 0.345 e. The molecule has 0 aliphatic carbocycles. The minimum Gasteiger partial charge on any atom is -0.477 e. The Morgan fingerprint density at radius 2 is 2.00 bits per heavy atom. The van der Waals surface area contributed by atoms with Crippen LogP contribution in [-0.2, 0) is 15.6 Å². The van der Waals surface area contributed by atoms with E-state index in [9.17, 15) is 13.2 Å². The van der Waals surface area contributed by atoms with Crippen LogP contribution in [0.3, 0.4) is 0 Å². The first-order valence-electron chi connectivity index (χ1n) is 5.50. The number of carboxylic acids is 1. The van der Waals surface area contributed by atoms with Gasteiger partial charge in [0.2, 0.25) is 0 Å². The van der Waals surface area contributed by atoms with Gasteiger partial charge in [0, 0.05) is 4.88 Å². The molecule has 0 spiro atoms. The molecule has 100 valence electrons. The summed E-state index contributed by atoms with van der Waals surface area (Å²) in [5, 5.41) is 8.81. The van der Waals surface area contributed by atoms with Crippen molar-refractivity contribution in [1.29, 1.82) is 0 Å². The molecule has 0 aliphatic heterocycles. The Morgan fingerprint density at radius 1 is 1.26 bits per heavy atom. The van der Waals surface area contributed by atoms with Crippen molar-refractivity contribution in [3.63, 3.8) is 0 Å². The van der Waals surface area contributed by atoms with Crippen LogP contribution in [0.5, 0.6) is 0 Å². The van der Waals surface area contributed by atoms with Crippen LogP contribution in [0.4, 0.5) is 0 Å². The van der Waals surface area contributed by atoms with E-state index >= 15 is 0 Å². The molecular weight excluding hydrogens is 284 g/mol. The molecule has 2 rings (SSSR count). The van der Waals surface area contributed by atoms with Gasteiger partial charge in [0.25, 0.3) is 0 Å². The fourth-order valence-electron chi connectivity index (χ4n) is 1.65. The van der Waals surface area contributed by atoms with Gasteiger partial charge in [-0.1, -0.05) is 12.1 Å². The van der Waals surface area contributed by atoms with Gasteiger partial charge in [0.1, 0.15) is 4.88 Å². The number of rotatable bonds is 4. The smallest absolute Gasteiger partial charge is 0.345 e. The van der Waals surface area contributed by atoms with E-state index in [0.717, 1.165) is 16.9 Å².